The molecule has 0 aromatic heterocycles. The van der Waals surface area contributed by atoms with Crippen LogP contribution in [0.2, 0.25) is 5.02 Å². The molecule has 2 heterocycles. The van der Waals surface area contributed by atoms with Gasteiger partial charge in [-0.15, -0.1) is 0 Å². The number of ether oxygens (including phenoxy) is 1. The van der Waals surface area contributed by atoms with Gasteiger partial charge < -0.3 is 10.1 Å². The number of carbonyl (C=O) groups is 1. The lowest BCUT2D eigenvalue weighted by atomic mass is 9.78. The number of carbonyl (C=O) groups excluding carboxylic acids is 1. The first kappa shape index (κ1) is 23.7. The van der Waals surface area contributed by atoms with E-state index in [-0.39, 0.29) is 17.3 Å². The number of nitro groups is 2. The molecule has 0 radical (unpaired) electrons. The van der Waals surface area contributed by atoms with Crippen molar-refractivity contribution < 1.29 is 19.4 Å². The summed E-state index contributed by atoms with van der Waals surface area (Å²) >= 11 is 6.49. The van der Waals surface area contributed by atoms with Crippen LogP contribution in [-0.4, -0.2) is 27.8 Å². The van der Waals surface area contributed by atoms with Gasteiger partial charge in [0.1, 0.15) is 12.4 Å². The van der Waals surface area contributed by atoms with Gasteiger partial charge in [0.2, 0.25) is 0 Å². The van der Waals surface area contributed by atoms with Crippen LogP contribution in [-0.2, 0) is 16.9 Å². The highest BCUT2D eigenvalue weighted by Crippen LogP contribution is 2.50. The van der Waals surface area contributed by atoms with Crippen LogP contribution in [0.25, 0.3) is 0 Å². The van der Waals surface area contributed by atoms with Crippen molar-refractivity contribution >= 4 is 28.9 Å². The lowest BCUT2D eigenvalue weighted by molar-refractivity contribution is -0.532. The van der Waals surface area contributed by atoms with Crippen LogP contribution in [0.15, 0.2) is 66.7 Å². The summed E-state index contributed by atoms with van der Waals surface area (Å²) in [5, 5.41) is 29.5. The molecular formula is C25H21ClN4O6. The van der Waals surface area contributed by atoms with Crippen LogP contribution in [0.3, 0.4) is 0 Å². The molecule has 0 saturated carbocycles. The number of hydrogen-bond donors (Lipinski definition) is 2. The van der Waals surface area contributed by atoms with Gasteiger partial charge in [0.25, 0.3) is 17.6 Å². The highest BCUT2D eigenvalue weighted by atomic mass is 35.5. The molecule has 11 heteroatoms. The molecule has 0 aliphatic carbocycles. The standard InChI is InChI=1S/C25H21ClN4O6/c1-14-22(23(30(34)35)25(28-14)18-4-2-3-5-20(18)27-24(25)31)16-8-11-21(19(26)12-16)36-13-15-6-9-17(10-7-15)29(32)33/h2-12,14,22-23,28H,13H2,1H3,(H,27,31)/t14-,22-,23+,25-/m0/s1. The SMILES string of the molecule is C[C@@H]1N[C@]2(C(=O)Nc3ccccc32)[C@H]([N+](=O)[O-])[C@@H]1c1ccc(OCc2ccc([N+](=O)[O-])cc2)c(Cl)c1. The lowest BCUT2D eigenvalue weighted by Gasteiger charge is -2.25. The Balaban J connectivity index is 1.42. The normalized spacial score (nSPS) is 24.4. The van der Waals surface area contributed by atoms with Gasteiger partial charge in [0, 0.05) is 34.3 Å². The fourth-order valence-electron chi connectivity index (χ4n) is 5.27. The molecule has 4 atom stereocenters. The average Bonchev–Trinajstić information content (AvgIpc) is 3.32. The summed E-state index contributed by atoms with van der Waals surface area (Å²) in [5.41, 5.74) is 0.927. The summed E-state index contributed by atoms with van der Waals surface area (Å²) in [7, 11) is 0. The minimum atomic E-state index is -1.50. The predicted octanol–water partition coefficient (Wildman–Crippen LogP) is 4.40. The zero-order valence-corrected chi connectivity index (χ0v) is 19.8. The third-order valence-electron chi connectivity index (χ3n) is 6.85. The molecule has 3 aromatic rings. The Labute approximate surface area is 210 Å². The van der Waals surface area contributed by atoms with E-state index in [0.29, 0.717) is 22.6 Å². The van der Waals surface area contributed by atoms with E-state index >= 15 is 0 Å². The number of fused-ring (bicyclic) bond motifs is 2. The fraction of sp³-hybridized carbons (Fsp3) is 0.240. The maximum Gasteiger partial charge on any atom is 0.269 e. The molecule has 1 amide bonds. The second-order valence-corrected chi connectivity index (χ2v) is 9.31. The molecule has 2 N–H and O–H groups in total. The van der Waals surface area contributed by atoms with E-state index in [0.717, 1.165) is 5.56 Å². The monoisotopic (exact) mass is 508 g/mol. The molecule has 2 aliphatic heterocycles. The fourth-order valence-corrected chi connectivity index (χ4v) is 5.51. The van der Waals surface area contributed by atoms with E-state index in [1.165, 1.54) is 12.1 Å². The molecule has 2 aliphatic rings. The van der Waals surface area contributed by atoms with Crippen molar-refractivity contribution in [2.45, 2.75) is 37.1 Å². The predicted molar refractivity (Wildman–Crippen MR) is 132 cm³/mol. The number of amides is 1. The van der Waals surface area contributed by atoms with E-state index in [1.807, 2.05) is 6.92 Å². The number of para-hydroxylation sites is 1. The van der Waals surface area contributed by atoms with Gasteiger partial charge in [-0.1, -0.05) is 35.9 Å². The van der Waals surface area contributed by atoms with Gasteiger partial charge in [-0.3, -0.25) is 30.3 Å². The molecule has 1 saturated heterocycles. The molecular weight excluding hydrogens is 488 g/mol. The topological polar surface area (TPSA) is 137 Å². The number of anilines is 1. The van der Waals surface area contributed by atoms with Crippen molar-refractivity contribution in [3.8, 4) is 5.75 Å². The van der Waals surface area contributed by atoms with Crippen LogP contribution < -0.4 is 15.4 Å². The van der Waals surface area contributed by atoms with Gasteiger partial charge >= 0.3 is 0 Å². The molecule has 10 nitrogen and oxygen atoms in total. The molecule has 36 heavy (non-hydrogen) atoms. The van der Waals surface area contributed by atoms with Crippen LogP contribution in [0.4, 0.5) is 11.4 Å². The van der Waals surface area contributed by atoms with Crippen molar-refractivity contribution in [3.05, 3.63) is 109 Å². The molecule has 0 bridgehead atoms. The van der Waals surface area contributed by atoms with Crippen molar-refractivity contribution in [2.75, 3.05) is 5.32 Å². The van der Waals surface area contributed by atoms with E-state index in [4.69, 9.17) is 16.3 Å². The van der Waals surface area contributed by atoms with Gasteiger partial charge in [-0.25, -0.2) is 0 Å². The summed E-state index contributed by atoms with van der Waals surface area (Å²) in [6.45, 7) is 1.95. The Morgan fingerprint density at radius 2 is 1.78 bits per heavy atom. The van der Waals surface area contributed by atoms with Crippen molar-refractivity contribution in [1.82, 2.24) is 5.32 Å². The lowest BCUT2D eigenvalue weighted by Crippen LogP contribution is -2.54. The van der Waals surface area contributed by atoms with Gasteiger partial charge in [-0.05, 0) is 48.4 Å². The first-order valence-corrected chi connectivity index (χ1v) is 11.6. The molecule has 3 aromatic carbocycles. The maximum atomic E-state index is 13.1. The summed E-state index contributed by atoms with van der Waals surface area (Å²) < 4.78 is 5.78. The van der Waals surface area contributed by atoms with Gasteiger partial charge in [0.05, 0.1) is 15.9 Å². The van der Waals surface area contributed by atoms with Gasteiger partial charge in [-0.2, -0.15) is 0 Å². The summed E-state index contributed by atoms with van der Waals surface area (Å²) in [4.78, 5) is 35.5. The van der Waals surface area contributed by atoms with Crippen LogP contribution in [0.5, 0.6) is 5.75 Å². The first-order valence-electron chi connectivity index (χ1n) is 11.2. The second kappa shape index (κ2) is 8.89. The highest BCUT2D eigenvalue weighted by Gasteiger charge is 2.67. The highest BCUT2D eigenvalue weighted by molar-refractivity contribution is 6.32. The third-order valence-corrected chi connectivity index (χ3v) is 7.14. The number of nitrogens with one attached hydrogen (secondary N) is 2. The minimum absolute atomic E-state index is 0.0166. The Morgan fingerprint density at radius 3 is 2.44 bits per heavy atom. The maximum absolute atomic E-state index is 13.1. The average molecular weight is 509 g/mol. The zero-order valence-electron chi connectivity index (χ0n) is 19.0. The Hall–Kier alpha value is -4.02. The summed E-state index contributed by atoms with van der Waals surface area (Å²) in [6, 6.07) is 16.3. The van der Waals surface area contributed by atoms with Crippen LogP contribution >= 0.6 is 11.6 Å². The smallest absolute Gasteiger partial charge is 0.269 e. The Morgan fingerprint density at radius 1 is 1.06 bits per heavy atom. The number of hydrogen-bond acceptors (Lipinski definition) is 7. The van der Waals surface area contributed by atoms with E-state index in [9.17, 15) is 25.0 Å². The molecule has 1 fully saturated rings. The Kier molecular flexibility index (Phi) is 5.85. The van der Waals surface area contributed by atoms with Gasteiger partial charge in [0.15, 0.2) is 5.54 Å². The number of nitro benzene ring substituents is 1. The van der Waals surface area contributed by atoms with E-state index in [2.05, 4.69) is 10.6 Å². The largest absolute Gasteiger partial charge is 0.487 e. The molecule has 0 unspecified atom stereocenters. The van der Waals surface area contributed by atoms with E-state index in [1.54, 1.807) is 54.6 Å². The van der Waals surface area contributed by atoms with Crippen molar-refractivity contribution in [3.63, 3.8) is 0 Å². The number of halogens is 1. The van der Waals surface area contributed by atoms with Crippen LogP contribution in [0, 0.1) is 20.2 Å². The van der Waals surface area contributed by atoms with Crippen molar-refractivity contribution in [1.29, 1.82) is 0 Å². The van der Waals surface area contributed by atoms with Crippen molar-refractivity contribution in [2.24, 2.45) is 0 Å². The summed E-state index contributed by atoms with van der Waals surface area (Å²) in [6.07, 6.45) is 0. The number of benzene rings is 3. The first-order chi connectivity index (χ1) is 17.2. The number of rotatable bonds is 6. The van der Waals surface area contributed by atoms with E-state index < -0.39 is 39.3 Å². The van der Waals surface area contributed by atoms with Crippen LogP contribution in [0.1, 0.15) is 29.5 Å². The molecule has 184 valence electrons. The number of nitrogens with zero attached hydrogens (tertiary/aromatic N) is 2. The molecule has 1 spiro atoms. The Bertz CT molecular complexity index is 1380. The zero-order chi connectivity index (χ0) is 25.6. The second-order valence-electron chi connectivity index (χ2n) is 8.90. The summed E-state index contributed by atoms with van der Waals surface area (Å²) in [5.74, 6) is -0.722. The molecule has 5 rings (SSSR count). The minimum Gasteiger partial charge on any atom is -0.487 e. The third kappa shape index (κ3) is 3.75. The number of non-ortho nitro benzene ring substituents is 1. The quantitative estimate of drug-likeness (QED) is 0.372.